The molecule has 2 N–H and O–H groups in total. The molecular formula is C21H15F4NO. The van der Waals surface area contributed by atoms with Gasteiger partial charge in [0, 0.05) is 5.22 Å². The average Bonchev–Trinajstić information content (AvgIpc) is 2.63. The molecule has 0 bridgehead atoms. The van der Waals surface area contributed by atoms with E-state index in [9.17, 15) is 17.6 Å². The van der Waals surface area contributed by atoms with Crippen molar-refractivity contribution in [1.29, 1.82) is 0 Å². The topological polar surface area (TPSA) is 35.2 Å². The highest BCUT2D eigenvalue weighted by molar-refractivity contribution is 5.60. The zero-order valence-electron chi connectivity index (χ0n) is 14.0. The lowest BCUT2D eigenvalue weighted by Crippen LogP contribution is -2.32. The van der Waals surface area contributed by atoms with E-state index in [1.54, 1.807) is 60.7 Å². The molecule has 0 atom stereocenters. The maximum Gasteiger partial charge on any atom is 0.573 e. The van der Waals surface area contributed by atoms with Gasteiger partial charge in [-0.25, -0.2) is 4.39 Å². The Balaban J connectivity index is 2.36. The lowest BCUT2D eigenvalue weighted by Gasteiger charge is -2.12. The molecule has 3 aromatic rings. The van der Waals surface area contributed by atoms with E-state index in [1.165, 1.54) is 12.1 Å². The number of anilines is 1. The number of ether oxygens (including phenoxy) is 1. The molecule has 138 valence electrons. The van der Waals surface area contributed by atoms with Gasteiger partial charge in [-0.3, -0.25) is 0 Å². The number of benzene rings is 3. The third-order valence-corrected chi connectivity index (χ3v) is 3.77. The number of alkyl halides is 3. The van der Waals surface area contributed by atoms with E-state index in [2.05, 4.69) is 4.74 Å². The molecule has 0 fully saturated rings. The average molecular weight is 373 g/mol. The summed E-state index contributed by atoms with van der Waals surface area (Å²) in [5.41, 5.74) is 6.49. The molecular weight excluding hydrogens is 358 g/mol. The van der Waals surface area contributed by atoms with Crippen LogP contribution in [-0.4, -0.2) is 6.36 Å². The fourth-order valence-corrected chi connectivity index (χ4v) is 2.62. The lowest BCUT2D eigenvalue weighted by atomic mass is 10.1. The zero-order valence-corrected chi connectivity index (χ0v) is 14.0. The number of hydrogen-bond acceptors (Lipinski definition) is 2. The Labute approximate surface area is 152 Å². The van der Waals surface area contributed by atoms with Crippen molar-refractivity contribution >= 4 is 17.8 Å². The summed E-state index contributed by atoms with van der Waals surface area (Å²) in [5, 5.41) is 0.261. The largest absolute Gasteiger partial charge is 0.573 e. The molecule has 2 nitrogen and oxygen atoms in total. The smallest absolute Gasteiger partial charge is 0.402 e. The van der Waals surface area contributed by atoms with Crippen molar-refractivity contribution in [3.63, 3.8) is 0 Å². The normalized spacial score (nSPS) is 13.0. The van der Waals surface area contributed by atoms with E-state index in [1.807, 2.05) is 6.07 Å². The summed E-state index contributed by atoms with van der Waals surface area (Å²) in [6, 6.07) is 18.8. The summed E-state index contributed by atoms with van der Waals surface area (Å²) in [5.74, 6) is -2.20. The molecule has 0 amide bonds. The Hall–Kier alpha value is -3.28. The summed E-state index contributed by atoms with van der Waals surface area (Å²) in [7, 11) is 0. The Morgan fingerprint density at radius 3 is 1.85 bits per heavy atom. The second-order valence-corrected chi connectivity index (χ2v) is 5.77. The molecule has 0 spiro atoms. The lowest BCUT2D eigenvalue weighted by molar-refractivity contribution is -0.275. The van der Waals surface area contributed by atoms with Gasteiger partial charge in [-0.05, 0) is 34.6 Å². The second kappa shape index (κ2) is 7.53. The summed E-state index contributed by atoms with van der Waals surface area (Å²) < 4.78 is 57.0. The highest BCUT2D eigenvalue weighted by Gasteiger charge is 2.33. The Kier molecular flexibility index (Phi) is 5.16. The van der Waals surface area contributed by atoms with Gasteiger partial charge in [0.1, 0.15) is 0 Å². The maximum absolute atomic E-state index is 14.4. The van der Waals surface area contributed by atoms with Crippen LogP contribution in [0.3, 0.4) is 0 Å². The molecule has 27 heavy (non-hydrogen) atoms. The molecule has 0 aromatic heterocycles. The number of nitrogens with two attached hydrogens (primary N) is 1. The minimum Gasteiger partial charge on any atom is -0.402 e. The van der Waals surface area contributed by atoms with Crippen molar-refractivity contribution < 1.29 is 22.3 Å². The quantitative estimate of drug-likeness (QED) is 0.557. The van der Waals surface area contributed by atoms with Crippen LogP contribution in [0.2, 0.25) is 0 Å². The minimum atomic E-state index is -5.06. The Bertz CT molecular complexity index is 1050. The molecule has 0 saturated carbocycles. The molecule has 0 aliphatic carbocycles. The van der Waals surface area contributed by atoms with Crippen molar-refractivity contribution in [2.45, 2.75) is 6.36 Å². The van der Waals surface area contributed by atoms with Gasteiger partial charge in [-0.2, -0.15) is 0 Å². The number of hydrogen-bond donors (Lipinski definition) is 1. The predicted octanol–water partition coefficient (Wildman–Crippen LogP) is 3.96. The maximum atomic E-state index is 14.4. The van der Waals surface area contributed by atoms with Gasteiger partial charge in [0.05, 0.1) is 5.69 Å². The van der Waals surface area contributed by atoms with Gasteiger partial charge < -0.3 is 10.5 Å². The van der Waals surface area contributed by atoms with Crippen LogP contribution in [0.4, 0.5) is 23.2 Å². The van der Waals surface area contributed by atoms with Crippen molar-refractivity contribution in [2.24, 2.45) is 0 Å². The monoisotopic (exact) mass is 373 g/mol. The van der Waals surface area contributed by atoms with E-state index in [0.29, 0.717) is 10.8 Å². The highest BCUT2D eigenvalue weighted by Crippen LogP contribution is 2.24. The fraction of sp³-hybridized carbons (Fsp3) is 0.0476. The summed E-state index contributed by atoms with van der Waals surface area (Å²) in [6.45, 7) is 0. The summed E-state index contributed by atoms with van der Waals surface area (Å²) >= 11 is 0. The number of nitrogen functional groups attached to an aromatic ring is 1. The number of rotatable bonds is 3. The molecule has 0 aliphatic heterocycles. The molecule has 6 heteroatoms. The van der Waals surface area contributed by atoms with Crippen LogP contribution < -0.4 is 20.9 Å². The predicted molar refractivity (Wildman–Crippen MR) is 96.8 cm³/mol. The number of halogens is 4. The summed E-state index contributed by atoms with van der Waals surface area (Å²) in [6.07, 6.45) is -2.01. The highest BCUT2D eigenvalue weighted by atomic mass is 19.4. The molecule has 3 rings (SSSR count). The third kappa shape index (κ3) is 4.67. The van der Waals surface area contributed by atoms with Crippen molar-refractivity contribution in [3.05, 3.63) is 94.1 Å². The minimum absolute atomic E-state index is 0.0471. The second-order valence-electron chi connectivity index (χ2n) is 5.77. The van der Waals surface area contributed by atoms with Crippen LogP contribution in [0.15, 0.2) is 66.7 Å². The van der Waals surface area contributed by atoms with Crippen LogP contribution in [-0.2, 0) is 0 Å². The van der Waals surface area contributed by atoms with Crippen LogP contribution in [0.5, 0.6) is 5.75 Å². The van der Waals surface area contributed by atoms with Crippen LogP contribution >= 0.6 is 0 Å². The van der Waals surface area contributed by atoms with Gasteiger partial charge in [0.2, 0.25) is 0 Å². The van der Waals surface area contributed by atoms with E-state index < -0.39 is 23.6 Å². The van der Waals surface area contributed by atoms with Gasteiger partial charge >= 0.3 is 6.36 Å². The Morgan fingerprint density at radius 2 is 1.33 bits per heavy atom. The first-order valence-electron chi connectivity index (χ1n) is 8.01. The first-order chi connectivity index (χ1) is 12.8. The first-order valence-corrected chi connectivity index (χ1v) is 8.01. The van der Waals surface area contributed by atoms with Crippen LogP contribution in [0.25, 0.3) is 12.2 Å². The van der Waals surface area contributed by atoms with Crippen molar-refractivity contribution in [2.75, 3.05) is 5.73 Å². The fourth-order valence-electron chi connectivity index (χ4n) is 2.62. The van der Waals surface area contributed by atoms with Gasteiger partial charge in [0.25, 0.3) is 0 Å². The third-order valence-electron chi connectivity index (χ3n) is 3.77. The SMILES string of the molecule is Nc1cc(=Cc2ccccc2)c(=Cc2ccccc2)c(OC(F)(F)F)c1F. The molecule has 0 unspecified atom stereocenters. The van der Waals surface area contributed by atoms with Gasteiger partial charge in [-0.15, -0.1) is 13.2 Å². The van der Waals surface area contributed by atoms with Crippen LogP contribution in [0.1, 0.15) is 11.1 Å². The Morgan fingerprint density at radius 1 is 0.815 bits per heavy atom. The van der Waals surface area contributed by atoms with Crippen molar-refractivity contribution in [1.82, 2.24) is 0 Å². The first kappa shape index (κ1) is 18.5. The molecule has 0 aliphatic rings. The van der Waals surface area contributed by atoms with Gasteiger partial charge in [-0.1, -0.05) is 60.7 Å². The standard InChI is InChI=1S/C21H15F4NO/c22-19-18(26)13-16(11-14-7-3-1-4-8-14)17(20(19)27-21(23,24)25)12-15-9-5-2-6-10-15/h1-13H,26H2. The molecule has 0 saturated heterocycles. The zero-order chi connectivity index (χ0) is 19.4. The molecule has 0 heterocycles. The van der Waals surface area contributed by atoms with Crippen molar-refractivity contribution in [3.8, 4) is 5.75 Å². The summed E-state index contributed by atoms with van der Waals surface area (Å²) in [4.78, 5) is 0. The molecule has 3 aromatic carbocycles. The van der Waals surface area contributed by atoms with E-state index in [-0.39, 0.29) is 5.22 Å². The molecule has 0 radical (unpaired) electrons. The van der Waals surface area contributed by atoms with Gasteiger partial charge in [0.15, 0.2) is 11.6 Å². The van der Waals surface area contributed by atoms with Crippen LogP contribution in [0, 0.1) is 5.82 Å². The van der Waals surface area contributed by atoms with E-state index in [4.69, 9.17) is 5.73 Å². The van der Waals surface area contributed by atoms with E-state index in [0.717, 1.165) is 5.56 Å². The van der Waals surface area contributed by atoms with E-state index >= 15 is 0 Å².